The van der Waals surface area contributed by atoms with Crippen LogP contribution in [-0.4, -0.2) is 66.2 Å². The maximum atomic E-state index is 12.1. The van der Waals surface area contributed by atoms with Crippen molar-refractivity contribution in [1.29, 1.82) is 0 Å². The SMILES string of the molecule is COc1cc(C2c3cc(O)c(OC)cc3CC(COC(=O)CCC(=O)CO)C2CO)ccc1O. The molecule has 3 rings (SSSR count). The monoisotopic (exact) mass is 474 g/mol. The molecule has 0 saturated heterocycles. The molecule has 3 unspecified atom stereocenters. The standard InChI is InChI=1S/C25H30O9/c1-32-22-8-14(3-5-20(22)29)25-18-10-21(30)23(33-2)9-15(18)7-16(19(25)12-27)13-34-24(31)6-4-17(28)11-26/h3,5,8-10,16,19,25-27,29-30H,4,6-7,11-13H2,1-2H3. The Morgan fingerprint density at radius 3 is 2.32 bits per heavy atom. The molecule has 0 aromatic heterocycles. The number of ketones is 1. The first-order chi connectivity index (χ1) is 16.3. The van der Waals surface area contributed by atoms with Gasteiger partial charge in [-0.25, -0.2) is 0 Å². The number of rotatable bonds is 10. The third-order valence-electron chi connectivity index (χ3n) is 6.31. The van der Waals surface area contributed by atoms with Gasteiger partial charge in [-0.05, 0) is 53.3 Å². The minimum absolute atomic E-state index is 0.0196. The number of Topliss-reactive ketones (excluding diaryl/α,β-unsaturated/α-hetero) is 1. The van der Waals surface area contributed by atoms with E-state index in [1.54, 1.807) is 24.3 Å². The van der Waals surface area contributed by atoms with Gasteiger partial charge in [-0.2, -0.15) is 0 Å². The lowest BCUT2D eigenvalue weighted by Crippen LogP contribution is -2.36. The average molecular weight is 475 g/mol. The highest BCUT2D eigenvalue weighted by atomic mass is 16.5. The second-order valence-electron chi connectivity index (χ2n) is 8.32. The van der Waals surface area contributed by atoms with Gasteiger partial charge in [0.25, 0.3) is 0 Å². The van der Waals surface area contributed by atoms with E-state index in [-0.39, 0.29) is 61.1 Å². The average Bonchev–Trinajstić information content (AvgIpc) is 2.85. The first-order valence-corrected chi connectivity index (χ1v) is 11.0. The van der Waals surface area contributed by atoms with Crippen LogP contribution in [0.25, 0.3) is 0 Å². The van der Waals surface area contributed by atoms with Crippen LogP contribution in [-0.2, 0) is 20.7 Å². The summed E-state index contributed by atoms with van der Waals surface area (Å²) in [5, 5.41) is 39.7. The number of carbonyl (C=O) groups is 2. The zero-order valence-electron chi connectivity index (χ0n) is 19.2. The summed E-state index contributed by atoms with van der Waals surface area (Å²) in [6.45, 7) is -0.817. The molecule has 9 heteroatoms. The molecule has 1 aliphatic carbocycles. The van der Waals surface area contributed by atoms with E-state index in [2.05, 4.69) is 0 Å². The van der Waals surface area contributed by atoms with Crippen LogP contribution >= 0.6 is 0 Å². The Hall–Kier alpha value is -3.30. The predicted molar refractivity (Wildman–Crippen MR) is 121 cm³/mol. The summed E-state index contributed by atoms with van der Waals surface area (Å²) in [6, 6.07) is 8.27. The van der Waals surface area contributed by atoms with Crippen LogP contribution < -0.4 is 9.47 Å². The largest absolute Gasteiger partial charge is 0.504 e. The Kier molecular flexibility index (Phi) is 8.36. The summed E-state index contributed by atoms with van der Waals surface area (Å²) in [6.07, 6.45) is 0.233. The van der Waals surface area contributed by atoms with E-state index in [4.69, 9.17) is 19.3 Å². The number of methoxy groups -OCH3 is 2. The summed E-state index contributed by atoms with van der Waals surface area (Å²) < 4.78 is 15.9. The van der Waals surface area contributed by atoms with Crippen molar-refractivity contribution in [2.45, 2.75) is 25.2 Å². The molecule has 0 radical (unpaired) electrons. The first-order valence-electron chi connectivity index (χ1n) is 11.0. The Bertz CT molecular complexity index is 1030. The number of esters is 1. The summed E-state index contributed by atoms with van der Waals surface area (Å²) in [7, 11) is 2.90. The molecule has 0 saturated carbocycles. The molecule has 0 amide bonds. The quantitative estimate of drug-likeness (QED) is 0.380. The third kappa shape index (κ3) is 5.43. The Morgan fingerprint density at radius 2 is 1.68 bits per heavy atom. The highest BCUT2D eigenvalue weighted by Crippen LogP contribution is 2.48. The topological polar surface area (TPSA) is 143 Å². The molecule has 2 aromatic rings. The van der Waals surface area contributed by atoms with Crippen LogP contribution in [0.3, 0.4) is 0 Å². The second kappa shape index (κ2) is 11.2. The Balaban J connectivity index is 1.95. The van der Waals surface area contributed by atoms with E-state index >= 15 is 0 Å². The van der Waals surface area contributed by atoms with E-state index in [9.17, 15) is 24.9 Å². The number of hydrogen-bond acceptors (Lipinski definition) is 9. The van der Waals surface area contributed by atoms with Crippen molar-refractivity contribution in [1.82, 2.24) is 0 Å². The van der Waals surface area contributed by atoms with Gasteiger partial charge in [0.2, 0.25) is 0 Å². The fourth-order valence-corrected chi connectivity index (χ4v) is 4.54. The van der Waals surface area contributed by atoms with Gasteiger partial charge in [0.1, 0.15) is 6.61 Å². The van der Waals surface area contributed by atoms with E-state index < -0.39 is 18.4 Å². The number of ether oxygens (including phenoxy) is 3. The smallest absolute Gasteiger partial charge is 0.306 e. The minimum Gasteiger partial charge on any atom is -0.504 e. The molecule has 0 aliphatic heterocycles. The summed E-state index contributed by atoms with van der Waals surface area (Å²) in [4.78, 5) is 23.4. The molecule has 184 valence electrons. The van der Waals surface area contributed by atoms with Crippen LogP contribution in [0.4, 0.5) is 0 Å². The van der Waals surface area contributed by atoms with Crippen molar-refractivity contribution in [2.75, 3.05) is 34.0 Å². The molecule has 0 fully saturated rings. The Labute approximate surface area is 197 Å². The Morgan fingerprint density at radius 1 is 0.971 bits per heavy atom. The summed E-state index contributed by atoms with van der Waals surface area (Å²) in [5.74, 6) is -1.51. The van der Waals surface area contributed by atoms with Crippen molar-refractivity contribution in [3.05, 3.63) is 47.0 Å². The van der Waals surface area contributed by atoms with Crippen LogP contribution in [0.5, 0.6) is 23.0 Å². The fraction of sp³-hybridized carbons (Fsp3) is 0.440. The zero-order valence-corrected chi connectivity index (χ0v) is 19.2. The lowest BCUT2D eigenvalue weighted by atomic mass is 9.67. The first kappa shape index (κ1) is 25.3. The molecule has 3 atom stereocenters. The summed E-state index contributed by atoms with van der Waals surface area (Å²) >= 11 is 0. The lowest BCUT2D eigenvalue weighted by molar-refractivity contribution is -0.147. The fourth-order valence-electron chi connectivity index (χ4n) is 4.54. The number of fused-ring (bicyclic) bond motifs is 1. The maximum Gasteiger partial charge on any atom is 0.306 e. The van der Waals surface area contributed by atoms with Gasteiger partial charge in [-0.3, -0.25) is 9.59 Å². The molecule has 1 aliphatic rings. The zero-order chi connectivity index (χ0) is 24.8. The number of phenols is 2. The second-order valence-corrected chi connectivity index (χ2v) is 8.32. The van der Waals surface area contributed by atoms with Gasteiger partial charge in [0, 0.05) is 24.9 Å². The van der Waals surface area contributed by atoms with Crippen molar-refractivity contribution >= 4 is 11.8 Å². The number of aromatic hydroxyl groups is 2. The van der Waals surface area contributed by atoms with Crippen LogP contribution in [0, 0.1) is 11.8 Å². The number of aliphatic hydroxyl groups is 2. The van der Waals surface area contributed by atoms with Crippen molar-refractivity contribution in [3.63, 3.8) is 0 Å². The van der Waals surface area contributed by atoms with Gasteiger partial charge in [0.15, 0.2) is 28.8 Å². The van der Waals surface area contributed by atoms with Crippen molar-refractivity contribution < 1.29 is 44.2 Å². The molecule has 0 heterocycles. The molecular weight excluding hydrogens is 444 g/mol. The minimum atomic E-state index is -0.619. The predicted octanol–water partition coefficient (Wildman–Crippen LogP) is 1.91. The molecule has 0 spiro atoms. The van der Waals surface area contributed by atoms with E-state index in [1.807, 2.05) is 0 Å². The van der Waals surface area contributed by atoms with Crippen LogP contribution in [0.2, 0.25) is 0 Å². The number of hydrogen-bond donors (Lipinski definition) is 4. The van der Waals surface area contributed by atoms with Gasteiger partial charge in [-0.1, -0.05) is 6.07 Å². The van der Waals surface area contributed by atoms with Crippen molar-refractivity contribution in [3.8, 4) is 23.0 Å². The lowest BCUT2D eigenvalue weighted by Gasteiger charge is -2.39. The molecule has 4 N–H and O–H groups in total. The van der Waals surface area contributed by atoms with Crippen LogP contribution in [0.1, 0.15) is 35.4 Å². The van der Waals surface area contributed by atoms with E-state index in [0.29, 0.717) is 12.2 Å². The number of carbonyl (C=O) groups excluding carboxylic acids is 2. The molecule has 0 bridgehead atoms. The van der Waals surface area contributed by atoms with Crippen molar-refractivity contribution in [2.24, 2.45) is 11.8 Å². The number of phenolic OH excluding ortho intramolecular Hbond substituents is 2. The number of aliphatic hydroxyl groups excluding tert-OH is 2. The summed E-state index contributed by atoms with van der Waals surface area (Å²) in [5.41, 5.74) is 2.41. The molecular formula is C25H30O9. The van der Waals surface area contributed by atoms with E-state index in [0.717, 1.165) is 16.7 Å². The van der Waals surface area contributed by atoms with Gasteiger partial charge in [-0.15, -0.1) is 0 Å². The molecule has 2 aromatic carbocycles. The van der Waals surface area contributed by atoms with Gasteiger partial charge >= 0.3 is 5.97 Å². The molecule has 9 nitrogen and oxygen atoms in total. The highest BCUT2D eigenvalue weighted by Gasteiger charge is 2.39. The third-order valence-corrected chi connectivity index (χ3v) is 6.31. The highest BCUT2D eigenvalue weighted by molar-refractivity contribution is 5.83. The molecule has 34 heavy (non-hydrogen) atoms. The maximum absolute atomic E-state index is 12.1. The van der Waals surface area contributed by atoms with Crippen LogP contribution in [0.15, 0.2) is 30.3 Å². The van der Waals surface area contributed by atoms with E-state index in [1.165, 1.54) is 20.3 Å². The normalized spacial score (nSPS) is 19.2. The van der Waals surface area contributed by atoms with Gasteiger partial charge in [0.05, 0.1) is 27.2 Å². The number of benzene rings is 2. The van der Waals surface area contributed by atoms with Gasteiger partial charge < -0.3 is 34.6 Å².